The van der Waals surface area contributed by atoms with Gasteiger partial charge in [-0.1, -0.05) is 6.58 Å². The Morgan fingerprint density at radius 3 is 2.76 bits per heavy atom. The summed E-state index contributed by atoms with van der Waals surface area (Å²) in [4.78, 5) is 10.7. The van der Waals surface area contributed by atoms with Crippen LogP contribution < -0.4 is 10.2 Å². The molecule has 0 bridgehead atoms. The minimum absolute atomic E-state index is 0.419. The smallest absolute Gasteiger partial charge is 0.225 e. The second-order valence-corrected chi connectivity index (χ2v) is 4.34. The fourth-order valence-electron chi connectivity index (χ4n) is 1.79. The number of hydrogen-bond acceptors (Lipinski definition) is 5. The molecule has 1 N–H and O–H groups in total. The lowest BCUT2D eigenvalue weighted by molar-refractivity contribution is 0.216. The molecule has 1 fully saturated rings. The normalized spacial score (nSPS) is 15.5. The number of aromatic nitrogens is 2. The van der Waals surface area contributed by atoms with Crippen LogP contribution in [-0.2, 0) is 4.74 Å². The van der Waals surface area contributed by atoms with Gasteiger partial charge in [0.2, 0.25) is 5.95 Å². The van der Waals surface area contributed by atoms with Gasteiger partial charge in [0.15, 0.2) is 0 Å². The number of nitrogens with one attached hydrogen (secondary N) is 1. The number of hydrogen-bond donors (Lipinski definition) is 1. The van der Waals surface area contributed by atoms with Crippen molar-refractivity contribution in [1.29, 1.82) is 0 Å². The van der Waals surface area contributed by atoms with Crippen LogP contribution in [0.3, 0.4) is 0 Å². The zero-order valence-corrected chi connectivity index (χ0v) is 10.3. The minimum Gasteiger partial charge on any atom is -0.381 e. The van der Waals surface area contributed by atoms with Crippen molar-refractivity contribution >= 4 is 5.95 Å². The fourth-order valence-corrected chi connectivity index (χ4v) is 1.79. The van der Waals surface area contributed by atoms with Crippen molar-refractivity contribution < 1.29 is 4.74 Å². The van der Waals surface area contributed by atoms with Crippen molar-refractivity contribution in [2.24, 2.45) is 0 Å². The first-order valence-electron chi connectivity index (χ1n) is 5.66. The lowest BCUT2D eigenvalue weighted by atomic mass is 10.1. The molecule has 5 heteroatoms. The van der Waals surface area contributed by atoms with Crippen LogP contribution in [0.15, 0.2) is 24.7 Å². The summed E-state index contributed by atoms with van der Waals surface area (Å²) < 4.78 is 5.00. The molecule has 0 unspecified atom stereocenters. The third-order valence-electron chi connectivity index (χ3n) is 2.66. The molecule has 1 aromatic heterocycles. The first kappa shape index (κ1) is 11.9. The summed E-state index contributed by atoms with van der Waals surface area (Å²) in [5.41, 5.74) is 2.00. The Balaban J connectivity index is 1.79. The van der Waals surface area contributed by atoms with Gasteiger partial charge in [-0.2, -0.15) is 0 Å². The molecule has 2 rings (SSSR count). The molecule has 2 heterocycles. The van der Waals surface area contributed by atoms with Crippen molar-refractivity contribution in [2.45, 2.75) is 13.0 Å². The van der Waals surface area contributed by atoms with E-state index in [1.54, 1.807) is 7.11 Å². The Morgan fingerprint density at radius 2 is 2.18 bits per heavy atom. The predicted molar refractivity (Wildman–Crippen MR) is 66.9 cm³/mol. The average molecular weight is 234 g/mol. The Kier molecular flexibility index (Phi) is 3.58. The van der Waals surface area contributed by atoms with E-state index in [0.29, 0.717) is 12.6 Å². The highest BCUT2D eigenvalue weighted by Gasteiger charge is 2.28. The largest absolute Gasteiger partial charge is 0.381 e. The van der Waals surface area contributed by atoms with Crippen LogP contribution in [0.2, 0.25) is 0 Å². The molecule has 0 atom stereocenters. The van der Waals surface area contributed by atoms with Crippen LogP contribution in [0.1, 0.15) is 5.56 Å². The molecule has 0 aromatic carbocycles. The standard InChI is InChI=1S/C12H18N4O/c1-9-4-13-12(14-5-9)16-6-11(7-16)15-10(2)8-17-3/h4-5,11,15H,2,6-8H2,1,3H3. The molecule has 92 valence electrons. The third kappa shape index (κ3) is 2.94. The quantitative estimate of drug-likeness (QED) is 0.813. The van der Waals surface area contributed by atoms with Gasteiger partial charge in [-0.15, -0.1) is 0 Å². The molecule has 0 saturated carbocycles. The molecule has 1 saturated heterocycles. The van der Waals surface area contributed by atoms with Gasteiger partial charge in [-0.3, -0.25) is 0 Å². The molecule has 1 aliphatic heterocycles. The van der Waals surface area contributed by atoms with Crippen LogP contribution in [0.25, 0.3) is 0 Å². The molecule has 1 aliphatic rings. The second-order valence-electron chi connectivity index (χ2n) is 4.34. The van der Waals surface area contributed by atoms with Gasteiger partial charge in [0, 0.05) is 38.3 Å². The first-order valence-corrected chi connectivity index (χ1v) is 5.66. The SMILES string of the molecule is C=C(COC)NC1CN(c2ncc(C)cn2)C1. The van der Waals surface area contributed by atoms with E-state index in [9.17, 15) is 0 Å². The molecular formula is C12H18N4O. The molecule has 1 aromatic rings. The Morgan fingerprint density at radius 1 is 1.53 bits per heavy atom. The zero-order valence-electron chi connectivity index (χ0n) is 10.3. The average Bonchev–Trinajstić information content (AvgIpc) is 2.25. The van der Waals surface area contributed by atoms with Gasteiger partial charge in [0.25, 0.3) is 0 Å². The molecular weight excluding hydrogens is 216 g/mol. The van der Waals surface area contributed by atoms with Gasteiger partial charge in [0.1, 0.15) is 0 Å². The van der Waals surface area contributed by atoms with Crippen molar-refractivity contribution in [3.05, 3.63) is 30.2 Å². The maximum atomic E-state index is 5.00. The zero-order chi connectivity index (χ0) is 12.3. The summed E-state index contributed by atoms with van der Waals surface area (Å²) in [7, 11) is 1.67. The highest BCUT2D eigenvalue weighted by Crippen LogP contribution is 2.16. The molecule has 17 heavy (non-hydrogen) atoms. The van der Waals surface area contributed by atoms with E-state index in [0.717, 1.165) is 30.3 Å². The van der Waals surface area contributed by atoms with Gasteiger partial charge in [-0.05, 0) is 12.5 Å². The third-order valence-corrected chi connectivity index (χ3v) is 2.66. The molecule has 0 spiro atoms. The second kappa shape index (κ2) is 5.14. The van der Waals surface area contributed by atoms with Crippen LogP contribution in [0.4, 0.5) is 5.95 Å². The van der Waals surface area contributed by atoms with Crippen molar-refractivity contribution in [2.75, 3.05) is 31.7 Å². The lowest BCUT2D eigenvalue weighted by Crippen LogP contribution is -2.58. The maximum Gasteiger partial charge on any atom is 0.225 e. The van der Waals surface area contributed by atoms with Crippen molar-refractivity contribution in [1.82, 2.24) is 15.3 Å². The van der Waals surface area contributed by atoms with E-state index in [-0.39, 0.29) is 0 Å². The summed E-state index contributed by atoms with van der Waals surface area (Å²) >= 11 is 0. The van der Waals surface area contributed by atoms with E-state index in [1.165, 1.54) is 0 Å². The number of methoxy groups -OCH3 is 1. The Hall–Kier alpha value is -1.62. The van der Waals surface area contributed by atoms with Crippen molar-refractivity contribution in [3.63, 3.8) is 0 Å². The number of nitrogens with zero attached hydrogens (tertiary/aromatic N) is 3. The maximum absolute atomic E-state index is 5.00. The number of aryl methyl sites for hydroxylation is 1. The van der Waals surface area contributed by atoms with Gasteiger partial charge >= 0.3 is 0 Å². The summed E-state index contributed by atoms with van der Waals surface area (Å²) in [5.74, 6) is 0.797. The molecule has 0 amide bonds. The first-order chi connectivity index (χ1) is 8.19. The van der Waals surface area contributed by atoms with Crippen LogP contribution >= 0.6 is 0 Å². The highest BCUT2D eigenvalue weighted by atomic mass is 16.5. The van der Waals surface area contributed by atoms with Gasteiger partial charge in [-0.25, -0.2) is 9.97 Å². The van der Waals surface area contributed by atoms with E-state index < -0.39 is 0 Å². The van der Waals surface area contributed by atoms with Crippen molar-refractivity contribution in [3.8, 4) is 0 Å². The molecule has 5 nitrogen and oxygen atoms in total. The number of anilines is 1. The van der Waals surface area contributed by atoms with E-state index in [4.69, 9.17) is 4.74 Å². The summed E-state index contributed by atoms with van der Waals surface area (Å²) in [5, 5.41) is 3.31. The molecule has 0 radical (unpaired) electrons. The Labute approximate surface area is 102 Å². The topological polar surface area (TPSA) is 50.3 Å². The Bertz CT molecular complexity index is 384. The molecule has 0 aliphatic carbocycles. The summed E-state index contributed by atoms with van der Waals surface area (Å²) in [6.07, 6.45) is 3.68. The highest BCUT2D eigenvalue weighted by molar-refractivity contribution is 5.35. The lowest BCUT2D eigenvalue weighted by Gasteiger charge is -2.40. The van der Waals surface area contributed by atoms with E-state index >= 15 is 0 Å². The van der Waals surface area contributed by atoms with Crippen LogP contribution in [-0.4, -0.2) is 42.8 Å². The fraction of sp³-hybridized carbons (Fsp3) is 0.500. The summed E-state index contributed by atoms with van der Waals surface area (Å²) in [6.45, 7) is 8.25. The van der Waals surface area contributed by atoms with Crippen LogP contribution in [0, 0.1) is 6.92 Å². The van der Waals surface area contributed by atoms with Gasteiger partial charge in [0.05, 0.1) is 12.6 Å². The van der Waals surface area contributed by atoms with Crippen LogP contribution in [0.5, 0.6) is 0 Å². The number of ether oxygens (including phenoxy) is 1. The summed E-state index contributed by atoms with van der Waals surface area (Å²) in [6, 6.07) is 0.419. The van der Waals surface area contributed by atoms with E-state index in [2.05, 4.69) is 26.8 Å². The predicted octanol–water partition coefficient (Wildman–Crippen LogP) is 0.723. The minimum atomic E-state index is 0.419. The van der Waals surface area contributed by atoms with E-state index in [1.807, 2.05) is 19.3 Å². The monoisotopic (exact) mass is 234 g/mol. The number of rotatable bonds is 5. The van der Waals surface area contributed by atoms with Gasteiger partial charge < -0.3 is 15.0 Å².